The van der Waals surface area contributed by atoms with Gasteiger partial charge in [-0.05, 0) is 42.0 Å². The van der Waals surface area contributed by atoms with Crippen molar-refractivity contribution >= 4 is 33.4 Å². The van der Waals surface area contributed by atoms with E-state index in [1.165, 1.54) is 24.3 Å². The number of anilines is 1. The number of thioether (sulfide) groups is 1. The number of alkyl halides is 2. The van der Waals surface area contributed by atoms with E-state index >= 15 is 0 Å². The summed E-state index contributed by atoms with van der Waals surface area (Å²) in [6.07, 6.45) is 0. The first-order valence-corrected chi connectivity index (χ1v) is 8.53. The highest BCUT2D eigenvalue weighted by Crippen LogP contribution is 2.26. The van der Waals surface area contributed by atoms with Gasteiger partial charge >= 0.3 is 0 Å². The summed E-state index contributed by atoms with van der Waals surface area (Å²) >= 11 is 0.354. The van der Waals surface area contributed by atoms with Crippen LogP contribution in [-0.4, -0.2) is 20.1 Å². The number of hydrogen-bond donors (Lipinski definition) is 1. The standard InChI is InChI=1S/C14H11F2NO4S2/c15-14(16)22-11-5-3-10(4-6-11)17-23(20,21)12-7-1-9(2-8-12)13(18)19/h1-8,14,17H,(H,18,19)/p-1. The van der Waals surface area contributed by atoms with E-state index in [0.29, 0.717) is 16.7 Å². The van der Waals surface area contributed by atoms with E-state index in [1.807, 2.05) is 0 Å². The molecule has 0 amide bonds. The van der Waals surface area contributed by atoms with Gasteiger partial charge in [-0.2, -0.15) is 8.78 Å². The fourth-order valence-electron chi connectivity index (χ4n) is 1.69. The number of aromatic carboxylic acids is 1. The third kappa shape index (κ3) is 4.67. The Hall–Kier alpha value is -2.13. The molecule has 2 rings (SSSR count). The van der Waals surface area contributed by atoms with Gasteiger partial charge in [-0.25, -0.2) is 8.42 Å². The SMILES string of the molecule is O=C([O-])c1ccc(S(=O)(=O)Nc2ccc(SC(F)F)cc2)cc1. The maximum atomic E-state index is 12.2. The Morgan fingerprint density at radius 1 is 1.04 bits per heavy atom. The van der Waals surface area contributed by atoms with E-state index in [-0.39, 0.29) is 16.1 Å². The minimum atomic E-state index is -3.91. The number of rotatable bonds is 6. The molecule has 0 saturated carbocycles. The Morgan fingerprint density at radius 3 is 2.09 bits per heavy atom. The first-order valence-electron chi connectivity index (χ1n) is 6.17. The number of halogens is 2. The number of sulfonamides is 1. The van der Waals surface area contributed by atoms with Crippen molar-refractivity contribution in [2.24, 2.45) is 0 Å². The van der Waals surface area contributed by atoms with Gasteiger partial charge in [-0.3, -0.25) is 4.72 Å². The average molecular weight is 358 g/mol. The van der Waals surface area contributed by atoms with Crippen LogP contribution < -0.4 is 9.83 Å². The molecule has 0 radical (unpaired) electrons. The monoisotopic (exact) mass is 358 g/mol. The van der Waals surface area contributed by atoms with E-state index in [4.69, 9.17) is 0 Å². The molecule has 0 aliphatic carbocycles. The molecule has 5 nitrogen and oxygen atoms in total. The van der Waals surface area contributed by atoms with Crippen LogP contribution >= 0.6 is 11.8 Å². The first-order chi connectivity index (χ1) is 10.8. The molecule has 0 aliphatic heterocycles. The number of hydrogen-bond acceptors (Lipinski definition) is 5. The van der Waals surface area contributed by atoms with Gasteiger partial charge in [0.05, 0.1) is 10.9 Å². The van der Waals surface area contributed by atoms with Crippen molar-refractivity contribution in [1.29, 1.82) is 0 Å². The zero-order valence-corrected chi connectivity index (χ0v) is 13.0. The molecule has 2 aromatic rings. The van der Waals surface area contributed by atoms with Crippen molar-refractivity contribution < 1.29 is 27.1 Å². The van der Waals surface area contributed by atoms with Gasteiger partial charge in [0, 0.05) is 10.6 Å². The quantitative estimate of drug-likeness (QED) is 0.800. The predicted molar refractivity (Wildman–Crippen MR) is 79.9 cm³/mol. The number of carboxylic acid groups (broad SMARTS) is 1. The van der Waals surface area contributed by atoms with Gasteiger partial charge in [-0.1, -0.05) is 23.9 Å². The van der Waals surface area contributed by atoms with Crippen LogP contribution in [0.5, 0.6) is 0 Å². The van der Waals surface area contributed by atoms with E-state index in [2.05, 4.69) is 4.72 Å². The normalized spacial score (nSPS) is 11.4. The summed E-state index contributed by atoms with van der Waals surface area (Å²) in [5, 5.41) is 10.6. The highest BCUT2D eigenvalue weighted by atomic mass is 32.2. The Bertz CT molecular complexity index is 791. The number of nitrogens with one attached hydrogen (secondary N) is 1. The second-order valence-electron chi connectivity index (χ2n) is 4.32. The summed E-state index contributed by atoms with van der Waals surface area (Å²) < 4.78 is 51.0. The minimum absolute atomic E-state index is 0.131. The van der Waals surface area contributed by atoms with Gasteiger partial charge in [0.1, 0.15) is 0 Å². The number of benzene rings is 2. The number of carboxylic acids is 1. The van der Waals surface area contributed by atoms with Crippen molar-refractivity contribution in [3.05, 3.63) is 54.1 Å². The maximum Gasteiger partial charge on any atom is 0.288 e. The van der Waals surface area contributed by atoms with Crippen LogP contribution in [0.25, 0.3) is 0 Å². The lowest BCUT2D eigenvalue weighted by Crippen LogP contribution is -2.22. The zero-order chi connectivity index (χ0) is 17.0. The molecule has 0 aliphatic rings. The fraction of sp³-hybridized carbons (Fsp3) is 0.0714. The van der Waals surface area contributed by atoms with Crippen molar-refractivity contribution in [1.82, 2.24) is 0 Å². The zero-order valence-electron chi connectivity index (χ0n) is 11.4. The fourth-order valence-corrected chi connectivity index (χ4v) is 3.25. The molecule has 0 spiro atoms. The lowest BCUT2D eigenvalue weighted by atomic mass is 10.2. The summed E-state index contributed by atoms with van der Waals surface area (Å²) in [4.78, 5) is 10.8. The van der Waals surface area contributed by atoms with Crippen molar-refractivity contribution in [3.63, 3.8) is 0 Å². The van der Waals surface area contributed by atoms with E-state index in [9.17, 15) is 27.1 Å². The molecule has 0 fully saturated rings. The Balaban J connectivity index is 2.15. The molecule has 0 aromatic heterocycles. The van der Waals surface area contributed by atoms with Gasteiger partial charge in [0.25, 0.3) is 15.8 Å². The molecule has 122 valence electrons. The Kier molecular flexibility index (Phi) is 5.22. The van der Waals surface area contributed by atoms with Crippen molar-refractivity contribution in [2.75, 3.05) is 4.72 Å². The van der Waals surface area contributed by atoms with Gasteiger partial charge in [0.2, 0.25) is 0 Å². The van der Waals surface area contributed by atoms with Gasteiger partial charge < -0.3 is 9.90 Å². The summed E-state index contributed by atoms with van der Waals surface area (Å²) in [6.45, 7) is 0. The van der Waals surface area contributed by atoms with Gasteiger partial charge in [0.15, 0.2) is 0 Å². The Labute approximate surface area is 135 Å². The molecular weight excluding hydrogens is 348 g/mol. The van der Waals surface area contributed by atoms with E-state index in [1.54, 1.807) is 0 Å². The second kappa shape index (κ2) is 6.97. The highest BCUT2D eigenvalue weighted by molar-refractivity contribution is 7.99. The molecule has 0 heterocycles. The summed E-state index contributed by atoms with van der Waals surface area (Å²) in [5.41, 5.74) is 0.0601. The second-order valence-corrected chi connectivity index (χ2v) is 7.07. The van der Waals surface area contributed by atoms with Crippen LogP contribution in [-0.2, 0) is 10.0 Å². The van der Waals surface area contributed by atoms with Crippen LogP contribution in [0.15, 0.2) is 58.3 Å². The molecule has 1 N–H and O–H groups in total. The highest BCUT2D eigenvalue weighted by Gasteiger charge is 2.14. The smallest absolute Gasteiger partial charge is 0.288 e. The first kappa shape index (κ1) is 17.2. The van der Waals surface area contributed by atoms with E-state index in [0.717, 1.165) is 24.3 Å². The van der Waals surface area contributed by atoms with Crippen LogP contribution in [0.2, 0.25) is 0 Å². The minimum Gasteiger partial charge on any atom is -0.545 e. The third-order valence-corrected chi connectivity index (χ3v) is 4.85. The molecule has 0 bridgehead atoms. The van der Waals surface area contributed by atoms with Crippen LogP contribution in [0.1, 0.15) is 10.4 Å². The predicted octanol–water partition coefficient (Wildman–Crippen LogP) is 2.17. The molecule has 0 saturated heterocycles. The lowest BCUT2D eigenvalue weighted by molar-refractivity contribution is -0.255. The van der Waals surface area contributed by atoms with Crippen LogP contribution in [0.4, 0.5) is 14.5 Å². The lowest BCUT2D eigenvalue weighted by Gasteiger charge is -2.10. The molecule has 23 heavy (non-hydrogen) atoms. The topological polar surface area (TPSA) is 86.3 Å². The van der Waals surface area contributed by atoms with E-state index < -0.39 is 21.8 Å². The molecule has 0 atom stereocenters. The molecular formula is C14H10F2NO4S2-. The molecule has 2 aromatic carbocycles. The van der Waals surface area contributed by atoms with Crippen LogP contribution in [0.3, 0.4) is 0 Å². The van der Waals surface area contributed by atoms with Crippen molar-refractivity contribution in [3.8, 4) is 0 Å². The van der Waals surface area contributed by atoms with Gasteiger partial charge in [-0.15, -0.1) is 0 Å². The maximum absolute atomic E-state index is 12.2. The average Bonchev–Trinajstić information content (AvgIpc) is 2.48. The molecule has 0 unspecified atom stereocenters. The molecule has 9 heteroatoms. The Morgan fingerprint density at radius 2 is 1.61 bits per heavy atom. The third-order valence-electron chi connectivity index (χ3n) is 2.73. The summed E-state index contributed by atoms with van der Waals surface area (Å²) in [5.74, 6) is -3.96. The summed E-state index contributed by atoms with van der Waals surface area (Å²) in [7, 11) is -3.91. The van der Waals surface area contributed by atoms with Crippen LogP contribution in [0, 0.1) is 0 Å². The summed E-state index contributed by atoms with van der Waals surface area (Å²) in [6, 6.07) is 9.96. The number of carbonyl (C=O) groups is 1. The van der Waals surface area contributed by atoms with Crippen molar-refractivity contribution in [2.45, 2.75) is 15.5 Å². The largest absolute Gasteiger partial charge is 0.545 e. The number of carbonyl (C=O) groups excluding carboxylic acids is 1.